The number of ether oxygens (including phenoxy) is 1. The molecule has 0 fully saturated rings. The number of methoxy groups -OCH3 is 1. The Labute approximate surface area is 106 Å². The molecule has 0 aromatic heterocycles. The lowest BCUT2D eigenvalue weighted by atomic mass is 9.99. The molecule has 1 atom stereocenters. The van der Waals surface area contributed by atoms with Crippen molar-refractivity contribution >= 4 is 30.0 Å². The minimum atomic E-state index is -0.411. The normalized spacial score (nSPS) is 11.5. The molecule has 0 aliphatic carbocycles. The summed E-state index contributed by atoms with van der Waals surface area (Å²) in [5, 5.41) is 0.589. The minimum absolute atomic E-state index is 0. The molecule has 0 radical (unpaired) electrons. The molecule has 0 unspecified atom stereocenters. The van der Waals surface area contributed by atoms with E-state index in [2.05, 4.69) is 4.74 Å². The lowest BCUT2D eigenvalue weighted by molar-refractivity contribution is -0.141. The van der Waals surface area contributed by atoms with Crippen molar-refractivity contribution in [2.24, 2.45) is 5.73 Å². The molecule has 1 aromatic carbocycles. The highest BCUT2D eigenvalue weighted by Gasteiger charge is 2.16. The molecule has 0 spiro atoms. The predicted molar refractivity (Wildman–Crippen MR) is 67.0 cm³/mol. The van der Waals surface area contributed by atoms with Gasteiger partial charge in [-0.25, -0.2) is 0 Å². The van der Waals surface area contributed by atoms with E-state index < -0.39 is 6.04 Å². The fourth-order valence-corrected chi connectivity index (χ4v) is 1.84. The van der Waals surface area contributed by atoms with Crippen molar-refractivity contribution in [1.82, 2.24) is 0 Å². The average Bonchev–Trinajstić information content (AvgIpc) is 2.17. The minimum Gasteiger partial charge on any atom is -0.469 e. The van der Waals surface area contributed by atoms with Crippen molar-refractivity contribution in [3.63, 3.8) is 0 Å². The first-order valence-corrected chi connectivity index (χ1v) is 5.01. The highest BCUT2D eigenvalue weighted by Crippen LogP contribution is 2.26. The molecule has 0 aliphatic rings. The van der Waals surface area contributed by atoms with Crippen LogP contribution in [0.3, 0.4) is 0 Å². The van der Waals surface area contributed by atoms with Gasteiger partial charge in [0.25, 0.3) is 0 Å². The van der Waals surface area contributed by atoms with Crippen molar-refractivity contribution in [3.05, 3.63) is 34.3 Å². The van der Waals surface area contributed by atoms with E-state index in [4.69, 9.17) is 17.3 Å². The Bertz CT molecular complexity index is 349. The first-order chi connectivity index (χ1) is 7.06. The molecule has 3 nitrogen and oxygen atoms in total. The van der Waals surface area contributed by atoms with Crippen LogP contribution in [0.2, 0.25) is 5.02 Å². The molecule has 90 valence electrons. The third kappa shape index (κ3) is 3.67. The molecule has 0 heterocycles. The number of rotatable bonds is 3. The summed E-state index contributed by atoms with van der Waals surface area (Å²) >= 11 is 6.02. The van der Waals surface area contributed by atoms with Crippen LogP contribution in [-0.2, 0) is 9.53 Å². The second kappa shape index (κ2) is 6.74. The molecule has 0 amide bonds. The van der Waals surface area contributed by atoms with Gasteiger partial charge in [0.15, 0.2) is 0 Å². The zero-order valence-corrected chi connectivity index (χ0v) is 10.8. The maximum Gasteiger partial charge on any atom is 0.307 e. The number of nitrogens with two attached hydrogens (primary N) is 1. The van der Waals surface area contributed by atoms with E-state index in [-0.39, 0.29) is 24.8 Å². The van der Waals surface area contributed by atoms with Crippen LogP contribution in [0.5, 0.6) is 0 Å². The van der Waals surface area contributed by atoms with Crippen LogP contribution in [0.15, 0.2) is 18.2 Å². The molecular formula is C11H15Cl2NO2. The van der Waals surface area contributed by atoms with Gasteiger partial charge in [0.05, 0.1) is 13.5 Å². The number of aryl methyl sites for hydroxylation is 1. The molecular weight excluding hydrogens is 249 g/mol. The van der Waals surface area contributed by atoms with Gasteiger partial charge in [-0.2, -0.15) is 0 Å². The summed E-state index contributed by atoms with van der Waals surface area (Å²) in [6.07, 6.45) is 0.140. The fourth-order valence-electron chi connectivity index (χ4n) is 1.48. The standard InChI is InChI=1S/C11H14ClNO2.ClH/c1-7-4-3-5-8(12)11(7)9(13)6-10(14)15-2;/h3-5,9H,6,13H2,1-2H3;1H/t9-;/m1./s1. The summed E-state index contributed by atoms with van der Waals surface area (Å²) in [6.45, 7) is 1.92. The number of hydrogen-bond acceptors (Lipinski definition) is 3. The Kier molecular flexibility index (Phi) is 6.41. The van der Waals surface area contributed by atoms with Crippen LogP contribution >= 0.6 is 24.0 Å². The Morgan fingerprint density at radius 1 is 1.56 bits per heavy atom. The SMILES string of the molecule is COC(=O)C[C@@H](N)c1c(C)cccc1Cl.Cl. The number of hydrogen-bond donors (Lipinski definition) is 1. The Morgan fingerprint density at radius 2 is 2.19 bits per heavy atom. The second-order valence-electron chi connectivity index (χ2n) is 3.36. The van der Waals surface area contributed by atoms with Crippen LogP contribution in [0.4, 0.5) is 0 Å². The number of benzene rings is 1. The third-order valence-corrected chi connectivity index (χ3v) is 2.59. The maximum atomic E-state index is 11.1. The first kappa shape index (κ1) is 15.2. The molecule has 0 bridgehead atoms. The quantitative estimate of drug-likeness (QED) is 0.854. The number of esters is 1. The van der Waals surface area contributed by atoms with Gasteiger partial charge in [-0.1, -0.05) is 23.7 Å². The summed E-state index contributed by atoms with van der Waals surface area (Å²) in [5.74, 6) is -0.332. The Hall–Kier alpha value is -0.770. The van der Waals surface area contributed by atoms with Gasteiger partial charge >= 0.3 is 5.97 Å². The van der Waals surface area contributed by atoms with Crippen molar-refractivity contribution in [1.29, 1.82) is 0 Å². The molecule has 1 aromatic rings. The molecule has 5 heteroatoms. The lowest BCUT2D eigenvalue weighted by Gasteiger charge is -2.15. The average molecular weight is 264 g/mol. The van der Waals surface area contributed by atoms with Gasteiger partial charge in [-0.05, 0) is 24.1 Å². The fraction of sp³-hybridized carbons (Fsp3) is 0.364. The van der Waals surface area contributed by atoms with Crippen molar-refractivity contribution in [2.45, 2.75) is 19.4 Å². The zero-order chi connectivity index (χ0) is 11.4. The van der Waals surface area contributed by atoms with E-state index in [9.17, 15) is 4.79 Å². The van der Waals surface area contributed by atoms with Gasteiger partial charge in [0.1, 0.15) is 0 Å². The number of carbonyl (C=O) groups is 1. The van der Waals surface area contributed by atoms with E-state index in [0.29, 0.717) is 5.02 Å². The molecule has 2 N–H and O–H groups in total. The molecule has 0 saturated heterocycles. The van der Waals surface area contributed by atoms with Crippen LogP contribution in [0.25, 0.3) is 0 Å². The Morgan fingerprint density at radius 3 is 2.69 bits per heavy atom. The second-order valence-corrected chi connectivity index (χ2v) is 3.76. The summed E-state index contributed by atoms with van der Waals surface area (Å²) in [7, 11) is 1.34. The van der Waals surface area contributed by atoms with Gasteiger partial charge in [-0.15, -0.1) is 12.4 Å². The van der Waals surface area contributed by atoms with Crippen molar-refractivity contribution in [2.75, 3.05) is 7.11 Å². The van der Waals surface area contributed by atoms with Crippen molar-refractivity contribution in [3.8, 4) is 0 Å². The van der Waals surface area contributed by atoms with E-state index >= 15 is 0 Å². The highest BCUT2D eigenvalue weighted by atomic mass is 35.5. The van der Waals surface area contributed by atoms with Gasteiger partial charge in [0.2, 0.25) is 0 Å². The van der Waals surface area contributed by atoms with Crippen LogP contribution in [0.1, 0.15) is 23.6 Å². The van der Waals surface area contributed by atoms with Gasteiger partial charge in [0, 0.05) is 11.1 Å². The summed E-state index contributed by atoms with van der Waals surface area (Å²) < 4.78 is 4.56. The first-order valence-electron chi connectivity index (χ1n) is 4.63. The predicted octanol–water partition coefficient (Wildman–Crippen LogP) is 2.63. The smallest absolute Gasteiger partial charge is 0.307 e. The lowest BCUT2D eigenvalue weighted by Crippen LogP contribution is -2.17. The van der Waals surface area contributed by atoms with Crippen molar-refractivity contribution < 1.29 is 9.53 Å². The number of carbonyl (C=O) groups excluding carboxylic acids is 1. The van der Waals surface area contributed by atoms with E-state index in [1.165, 1.54) is 7.11 Å². The van der Waals surface area contributed by atoms with Crippen LogP contribution < -0.4 is 5.73 Å². The van der Waals surface area contributed by atoms with E-state index in [1.54, 1.807) is 6.07 Å². The largest absolute Gasteiger partial charge is 0.469 e. The highest BCUT2D eigenvalue weighted by molar-refractivity contribution is 6.31. The molecule has 1 rings (SSSR count). The topological polar surface area (TPSA) is 52.3 Å². The zero-order valence-electron chi connectivity index (χ0n) is 9.20. The van der Waals surface area contributed by atoms with Gasteiger partial charge < -0.3 is 10.5 Å². The monoisotopic (exact) mass is 263 g/mol. The summed E-state index contributed by atoms with van der Waals surface area (Å²) in [5.41, 5.74) is 7.68. The summed E-state index contributed by atoms with van der Waals surface area (Å²) in [4.78, 5) is 11.1. The maximum absolute atomic E-state index is 11.1. The van der Waals surface area contributed by atoms with Gasteiger partial charge in [-0.3, -0.25) is 4.79 Å². The van der Waals surface area contributed by atoms with Crippen LogP contribution in [0, 0.1) is 6.92 Å². The molecule has 0 saturated carbocycles. The van der Waals surface area contributed by atoms with E-state index in [0.717, 1.165) is 11.1 Å². The molecule has 0 aliphatic heterocycles. The van der Waals surface area contributed by atoms with E-state index in [1.807, 2.05) is 19.1 Å². The number of halogens is 2. The van der Waals surface area contributed by atoms with Crippen LogP contribution in [-0.4, -0.2) is 13.1 Å². The summed E-state index contributed by atoms with van der Waals surface area (Å²) in [6, 6.07) is 5.12. The Balaban J connectivity index is 0.00000225. The molecule has 16 heavy (non-hydrogen) atoms. The third-order valence-electron chi connectivity index (χ3n) is 2.26.